The van der Waals surface area contributed by atoms with Gasteiger partial charge in [0.2, 0.25) is 5.95 Å². The van der Waals surface area contributed by atoms with E-state index in [9.17, 15) is 0 Å². The second kappa shape index (κ2) is 5.09. The summed E-state index contributed by atoms with van der Waals surface area (Å²) in [6, 6.07) is 1.91. The molecule has 1 aromatic rings. The summed E-state index contributed by atoms with van der Waals surface area (Å²) in [5, 5.41) is 2.19. The summed E-state index contributed by atoms with van der Waals surface area (Å²) in [6.45, 7) is 4.05. The van der Waals surface area contributed by atoms with E-state index in [0.717, 1.165) is 24.6 Å². The van der Waals surface area contributed by atoms with Crippen LogP contribution in [0.25, 0.3) is 0 Å². The number of rotatable bonds is 3. The zero-order chi connectivity index (χ0) is 11.4. The average Bonchev–Trinajstić information content (AvgIpc) is 2.29. The van der Waals surface area contributed by atoms with Crippen LogP contribution in [0.4, 0.5) is 11.8 Å². The molecular weight excluding hydrogens is 204 g/mol. The van der Waals surface area contributed by atoms with E-state index in [2.05, 4.69) is 25.8 Å². The van der Waals surface area contributed by atoms with Gasteiger partial charge in [-0.1, -0.05) is 6.42 Å². The quantitative estimate of drug-likeness (QED) is 0.520. The zero-order valence-corrected chi connectivity index (χ0v) is 9.53. The van der Waals surface area contributed by atoms with E-state index in [0.29, 0.717) is 5.95 Å². The largest absolute Gasteiger partial charge is 0.303 e. The number of aryl methyl sites for hydroxylation is 1. The van der Waals surface area contributed by atoms with Gasteiger partial charge in [-0.2, -0.15) is 4.98 Å². The molecule has 88 valence electrons. The number of anilines is 2. The van der Waals surface area contributed by atoms with E-state index in [1.54, 1.807) is 0 Å². The summed E-state index contributed by atoms with van der Waals surface area (Å²) in [5.41, 5.74) is 6.64. The topological polar surface area (TPSA) is 79.1 Å². The first-order valence-corrected chi connectivity index (χ1v) is 5.62. The summed E-state index contributed by atoms with van der Waals surface area (Å²) >= 11 is 0. The van der Waals surface area contributed by atoms with E-state index in [1.165, 1.54) is 19.3 Å². The van der Waals surface area contributed by atoms with Crippen LogP contribution >= 0.6 is 0 Å². The third-order valence-electron chi connectivity index (χ3n) is 2.61. The van der Waals surface area contributed by atoms with Crippen LogP contribution in [0.1, 0.15) is 25.0 Å². The second-order valence-electron chi connectivity index (χ2n) is 4.02. The van der Waals surface area contributed by atoms with E-state index in [4.69, 9.17) is 5.84 Å². The summed E-state index contributed by atoms with van der Waals surface area (Å²) < 4.78 is 0. The molecule has 4 N–H and O–H groups in total. The predicted molar refractivity (Wildman–Crippen MR) is 63.6 cm³/mol. The number of piperidine rings is 1. The molecule has 2 heterocycles. The maximum Gasteiger partial charge on any atom is 0.239 e. The van der Waals surface area contributed by atoms with Gasteiger partial charge < -0.3 is 5.43 Å². The van der Waals surface area contributed by atoms with Crippen molar-refractivity contribution in [3.8, 4) is 0 Å². The molecule has 0 aliphatic carbocycles. The van der Waals surface area contributed by atoms with Crippen molar-refractivity contribution in [2.45, 2.75) is 26.2 Å². The second-order valence-corrected chi connectivity index (χ2v) is 4.02. The highest BCUT2D eigenvalue weighted by Gasteiger charge is 2.10. The molecule has 1 saturated heterocycles. The van der Waals surface area contributed by atoms with Crippen molar-refractivity contribution in [1.82, 2.24) is 15.0 Å². The smallest absolute Gasteiger partial charge is 0.239 e. The monoisotopic (exact) mass is 222 g/mol. The average molecular weight is 222 g/mol. The van der Waals surface area contributed by atoms with Gasteiger partial charge in [0.25, 0.3) is 0 Å². The number of nitrogens with zero attached hydrogens (tertiary/aromatic N) is 3. The van der Waals surface area contributed by atoms with Gasteiger partial charge in [-0.3, -0.25) is 5.43 Å². The molecule has 6 heteroatoms. The summed E-state index contributed by atoms with van der Waals surface area (Å²) in [6.07, 6.45) is 3.79. The Balaban J connectivity index is 2.04. The number of nitrogens with two attached hydrogens (primary N) is 1. The van der Waals surface area contributed by atoms with Gasteiger partial charge >= 0.3 is 0 Å². The first-order valence-electron chi connectivity index (χ1n) is 5.62. The minimum atomic E-state index is 0.444. The highest BCUT2D eigenvalue weighted by Crippen LogP contribution is 2.13. The molecule has 1 aromatic heterocycles. The van der Waals surface area contributed by atoms with Crippen LogP contribution < -0.4 is 16.7 Å². The van der Waals surface area contributed by atoms with Crippen LogP contribution in [0.15, 0.2) is 6.07 Å². The SMILES string of the molecule is Cc1cc(NN2CCCCC2)nc(NN)n1. The summed E-state index contributed by atoms with van der Waals surface area (Å²) in [4.78, 5) is 8.39. The Kier molecular flexibility index (Phi) is 3.53. The molecule has 0 amide bonds. The Bertz CT molecular complexity index is 347. The lowest BCUT2D eigenvalue weighted by Gasteiger charge is -2.27. The maximum atomic E-state index is 5.30. The van der Waals surface area contributed by atoms with Crippen molar-refractivity contribution < 1.29 is 0 Å². The van der Waals surface area contributed by atoms with Crippen LogP contribution in [0, 0.1) is 6.92 Å². The van der Waals surface area contributed by atoms with Crippen molar-refractivity contribution in [1.29, 1.82) is 0 Å². The van der Waals surface area contributed by atoms with Crippen molar-refractivity contribution in [2.24, 2.45) is 5.84 Å². The van der Waals surface area contributed by atoms with Crippen molar-refractivity contribution in [3.63, 3.8) is 0 Å². The molecule has 0 aromatic carbocycles. The Morgan fingerprint density at radius 1 is 1.25 bits per heavy atom. The molecule has 6 nitrogen and oxygen atoms in total. The number of nitrogens with one attached hydrogen (secondary N) is 2. The summed E-state index contributed by atoms with van der Waals surface area (Å²) in [7, 11) is 0. The molecule has 1 fully saturated rings. The Morgan fingerprint density at radius 2 is 2.00 bits per heavy atom. The lowest BCUT2D eigenvalue weighted by Crippen LogP contribution is -2.35. The van der Waals surface area contributed by atoms with Gasteiger partial charge in [0, 0.05) is 24.8 Å². The molecule has 1 aliphatic rings. The van der Waals surface area contributed by atoms with Gasteiger partial charge in [-0.25, -0.2) is 15.8 Å². The molecule has 0 radical (unpaired) electrons. The third-order valence-corrected chi connectivity index (χ3v) is 2.61. The number of hydrogen-bond donors (Lipinski definition) is 3. The van der Waals surface area contributed by atoms with Gasteiger partial charge in [0.1, 0.15) is 5.82 Å². The third kappa shape index (κ3) is 2.80. The molecule has 0 bridgehead atoms. The highest BCUT2D eigenvalue weighted by molar-refractivity contribution is 5.40. The van der Waals surface area contributed by atoms with Crippen molar-refractivity contribution >= 4 is 11.8 Å². The van der Waals surface area contributed by atoms with Crippen LogP contribution in [0.2, 0.25) is 0 Å². The number of hydrogen-bond acceptors (Lipinski definition) is 6. The Hall–Kier alpha value is -1.40. The van der Waals surface area contributed by atoms with Gasteiger partial charge in [0.15, 0.2) is 0 Å². The minimum absolute atomic E-state index is 0.444. The molecule has 0 unspecified atom stereocenters. The molecule has 1 aliphatic heterocycles. The lowest BCUT2D eigenvalue weighted by molar-refractivity contribution is 0.272. The van der Waals surface area contributed by atoms with Crippen LogP contribution in [0.3, 0.4) is 0 Å². The van der Waals surface area contributed by atoms with E-state index < -0.39 is 0 Å². The van der Waals surface area contributed by atoms with Crippen molar-refractivity contribution in [2.75, 3.05) is 23.9 Å². The maximum absolute atomic E-state index is 5.30. The van der Waals surface area contributed by atoms with Gasteiger partial charge in [0.05, 0.1) is 0 Å². The fourth-order valence-corrected chi connectivity index (χ4v) is 1.86. The van der Waals surface area contributed by atoms with Crippen LogP contribution in [-0.2, 0) is 0 Å². The standard InChI is InChI=1S/C10H18N6/c1-8-7-9(13-10(12-8)14-11)15-16-5-3-2-4-6-16/h7H,2-6,11H2,1H3,(H2,12,13,14,15). The van der Waals surface area contributed by atoms with E-state index in [-0.39, 0.29) is 0 Å². The minimum Gasteiger partial charge on any atom is -0.303 e. The van der Waals surface area contributed by atoms with Crippen molar-refractivity contribution in [3.05, 3.63) is 11.8 Å². The van der Waals surface area contributed by atoms with E-state index >= 15 is 0 Å². The first-order chi connectivity index (χ1) is 7.78. The fraction of sp³-hybridized carbons (Fsp3) is 0.600. The van der Waals surface area contributed by atoms with Crippen LogP contribution in [0.5, 0.6) is 0 Å². The summed E-state index contributed by atoms with van der Waals surface area (Å²) in [5.74, 6) is 6.54. The van der Waals surface area contributed by atoms with Gasteiger partial charge in [-0.05, 0) is 19.8 Å². The van der Waals surface area contributed by atoms with Crippen LogP contribution in [-0.4, -0.2) is 28.1 Å². The number of nitrogen functional groups attached to an aromatic ring is 1. The van der Waals surface area contributed by atoms with Gasteiger partial charge in [-0.15, -0.1) is 0 Å². The predicted octanol–water partition coefficient (Wildman–Crippen LogP) is 0.883. The first kappa shape index (κ1) is 11.1. The zero-order valence-electron chi connectivity index (χ0n) is 9.53. The molecule has 0 atom stereocenters. The van der Waals surface area contributed by atoms with E-state index in [1.807, 2.05) is 13.0 Å². The molecule has 0 spiro atoms. The highest BCUT2D eigenvalue weighted by atomic mass is 15.5. The normalized spacial score (nSPS) is 17.1. The molecule has 0 saturated carbocycles. The molecule has 16 heavy (non-hydrogen) atoms. The lowest BCUT2D eigenvalue weighted by atomic mass is 10.2. The number of aromatic nitrogens is 2. The molecule has 2 rings (SSSR count). The molecular formula is C10H18N6. The number of hydrazine groups is 2. The Labute approximate surface area is 95.2 Å². The fourth-order valence-electron chi connectivity index (χ4n) is 1.86. The Morgan fingerprint density at radius 3 is 2.69 bits per heavy atom.